The Morgan fingerprint density at radius 2 is 2.33 bits per heavy atom. The highest BCUT2D eigenvalue weighted by molar-refractivity contribution is 9.12. The third kappa shape index (κ3) is 2.54. The molecule has 1 atom stereocenters. The molecule has 2 aromatic rings. The molecule has 2 aromatic heterocycles. The van der Waals surface area contributed by atoms with Crippen LogP contribution in [0.25, 0.3) is 11.5 Å². The van der Waals surface area contributed by atoms with E-state index < -0.39 is 0 Å². The van der Waals surface area contributed by atoms with Crippen LogP contribution in [0.4, 0.5) is 0 Å². The Hall–Kier alpha value is -0.240. The van der Waals surface area contributed by atoms with Crippen molar-refractivity contribution in [2.24, 2.45) is 0 Å². The highest BCUT2D eigenvalue weighted by Crippen LogP contribution is 2.38. The van der Waals surface area contributed by atoms with Crippen molar-refractivity contribution in [2.45, 2.75) is 18.8 Å². The molecule has 0 saturated carbocycles. The molecule has 1 N–H and O–H groups in total. The topological polar surface area (TPSA) is 51.0 Å². The highest BCUT2D eigenvalue weighted by atomic mass is 79.9. The number of aromatic nitrogens is 2. The van der Waals surface area contributed by atoms with Crippen LogP contribution in [0.15, 0.2) is 18.2 Å². The lowest BCUT2D eigenvalue weighted by Gasteiger charge is -2.19. The van der Waals surface area contributed by atoms with Gasteiger partial charge < -0.3 is 9.84 Å². The van der Waals surface area contributed by atoms with Crippen molar-refractivity contribution in [2.75, 3.05) is 13.1 Å². The molecule has 96 valence electrons. The molecule has 7 heteroatoms. The maximum absolute atomic E-state index is 5.37. The quantitative estimate of drug-likeness (QED) is 0.844. The van der Waals surface area contributed by atoms with Gasteiger partial charge in [-0.1, -0.05) is 5.16 Å². The second-order valence-electron chi connectivity index (χ2n) is 4.24. The molecular formula is C11H11Br2N3OS. The average molecular weight is 393 g/mol. The molecule has 0 aliphatic carbocycles. The van der Waals surface area contributed by atoms with Gasteiger partial charge >= 0.3 is 0 Å². The van der Waals surface area contributed by atoms with E-state index in [0.29, 0.717) is 11.8 Å². The van der Waals surface area contributed by atoms with Crippen molar-refractivity contribution < 1.29 is 4.52 Å². The zero-order valence-corrected chi connectivity index (χ0v) is 13.4. The zero-order valence-electron chi connectivity index (χ0n) is 9.45. The smallest absolute Gasteiger partial charge is 0.259 e. The molecule has 0 radical (unpaired) electrons. The van der Waals surface area contributed by atoms with Crippen LogP contribution in [0.1, 0.15) is 24.6 Å². The predicted molar refractivity (Wildman–Crippen MR) is 77.9 cm³/mol. The molecule has 0 aromatic carbocycles. The summed E-state index contributed by atoms with van der Waals surface area (Å²) in [6.07, 6.45) is 2.29. The van der Waals surface area contributed by atoms with E-state index in [-0.39, 0.29) is 0 Å². The Morgan fingerprint density at radius 3 is 3.00 bits per heavy atom. The van der Waals surface area contributed by atoms with E-state index >= 15 is 0 Å². The number of thiophene rings is 1. The average Bonchev–Trinajstić information content (AvgIpc) is 2.97. The Kier molecular flexibility index (Phi) is 3.83. The normalized spacial score (nSPS) is 20.2. The zero-order chi connectivity index (χ0) is 12.5. The monoisotopic (exact) mass is 391 g/mol. The third-order valence-corrected chi connectivity index (χ3v) is 5.33. The minimum Gasteiger partial charge on any atom is -0.334 e. The lowest BCUT2D eigenvalue weighted by atomic mass is 9.99. The minimum atomic E-state index is 0.372. The minimum absolute atomic E-state index is 0.372. The van der Waals surface area contributed by atoms with Crippen molar-refractivity contribution in [3.05, 3.63) is 19.5 Å². The van der Waals surface area contributed by atoms with Gasteiger partial charge in [0.15, 0.2) is 5.82 Å². The third-order valence-electron chi connectivity index (χ3n) is 2.99. The maximum atomic E-state index is 5.37. The molecule has 3 heterocycles. The molecule has 0 spiro atoms. The first-order chi connectivity index (χ1) is 8.74. The molecule has 4 nitrogen and oxygen atoms in total. The van der Waals surface area contributed by atoms with Crippen LogP contribution in [0, 0.1) is 0 Å². The van der Waals surface area contributed by atoms with Gasteiger partial charge in [-0.15, -0.1) is 11.3 Å². The molecule has 3 rings (SSSR count). The number of nitrogens with zero attached hydrogens (tertiary/aromatic N) is 2. The van der Waals surface area contributed by atoms with Crippen molar-refractivity contribution in [1.82, 2.24) is 15.5 Å². The van der Waals surface area contributed by atoms with Gasteiger partial charge in [0, 0.05) is 12.5 Å². The SMILES string of the molecule is Brc1cc(-c2nc(C3CCCNC3)no2)c(Br)s1. The van der Waals surface area contributed by atoms with Crippen molar-refractivity contribution in [3.63, 3.8) is 0 Å². The molecule has 0 bridgehead atoms. The number of hydrogen-bond donors (Lipinski definition) is 1. The summed E-state index contributed by atoms with van der Waals surface area (Å²) in [5.74, 6) is 1.77. The number of piperidine rings is 1. The van der Waals surface area contributed by atoms with E-state index in [1.165, 1.54) is 6.42 Å². The molecule has 1 saturated heterocycles. The lowest BCUT2D eigenvalue weighted by molar-refractivity contribution is 0.393. The Bertz CT molecular complexity index is 548. The van der Waals surface area contributed by atoms with Gasteiger partial charge in [0.25, 0.3) is 5.89 Å². The van der Waals surface area contributed by atoms with Gasteiger partial charge in [0.2, 0.25) is 0 Å². The molecular weight excluding hydrogens is 382 g/mol. The van der Waals surface area contributed by atoms with Crippen LogP contribution in [0.2, 0.25) is 0 Å². The standard InChI is InChI=1S/C11H11Br2N3OS/c12-8-4-7(9(13)18-8)11-15-10(16-17-11)6-2-1-3-14-5-6/h4,6,14H,1-3,5H2. The Labute approximate surface area is 125 Å². The predicted octanol–water partition coefficient (Wildman–Crippen LogP) is 3.79. The first-order valence-electron chi connectivity index (χ1n) is 5.73. The van der Waals surface area contributed by atoms with E-state index in [0.717, 1.165) is 38.5 Å². The summed E-state index contributed by atoms with van der Waals surface area (Å²) < 4.78 is 7.42. The van der Waals surface area contributed by atoms with E-state index in [1.54, 1.807) is 11.3 Å². The van der Waals surface area contributed by atoms with Crippen LogP contribution >= 0.6 is 43.2 Å². The van der Waals surface area contributed by atoms with E-state index in [2.05, 4.69) is 47.3 Å². The fourth-order valence-corrected chi connectivity index (χ4v) is 4.85. The fraction of sp³-hybridized carbons (Fsp3) is 0.455. The molecule has 1 aliphatic rings. The van der Waals surface area contributed by atoms with Crippen molar-refractivity contribution >= 4 is 43.2 Å². The summed E-state index contributed by atoms with van der Waals surface area (Å²) in [6.45, 7) is 2.03. The molecule has 1 fully saturated rings. The first kappa shape index (κ1) is 12.8. The van der Waals surface area contributed by atoms with Gasteiger partial charge in [-0.3, -0.25) is 0 Å². The van der Waals surface area contributed by atoms with E-state index in [1.807, 2.05) is 6.07 Å². The largest absolute Gasteiger partial charge is 0.334 e. The number of nitrogens with one attached hydrogen (secondary N) is 1. The van der Waals surface area contributed by atoms with Gasteiger partial charge in [-0.05, 0) is 57.3 Å². The lowest BCUT2D eigenvalue weighted by Crippen LogP contribution is -2.28. The second-order valence-corrected chi connectivity index (χ2v) is 7.99. The second kappa shape index (κ2) is 5.40. The number of rotatable bonds is 2. The van der Waals surface area contributed by atoms with Gasteiger partial charge in [0.1, 0.15) is 0 Å². The van der Waals surface area contributed by atoms with Crippen LogP contribution in [0.3, 0.4) is 0 Å². The van der Waals surface area contributed by atoms with Crippen molar-refractivity contribution in [1.29, 1.82) is 0 Å². The van der Waals surface area contributed by atoms with Crippen LogP contribution in [-0.2, 0) is 0 Å². The summed E-state index contributed by atoms with van der Waals surface area (Å²) in [5.41, 5.74) is 0.953. The van der Waals surface area contributed by atoms with Crippen LogP contribution in [-0.4, -0.2) is 23.2 Å². The van der Waals surface area contributed by atoms with Crippen LogP contribution in [0.5, 0.6) is 0 Å². The van der Waals surface area contributed by atoms with Gasteiger partial charge in [-0.2, -0.15) is 4.98 Å². The number of halogens is 2. The molecule has 18 heavy (non-hydrogen) atoms. The molecule has 0 amide bonds. The Balaban J connectivity index is 1.86. The van der Waals surface area contributed by atoms with Gasteiger partial charge in [-0.25, -0.2) is 0 Å². The Morgan fingerprint density at radius 1 is 1.44 bits per heavy atom. The highest BCUT2D eigenvalue weighted by Gasteiger charge is 2.22. The van der Waals surface area contributed by atoms with E-state index in [9.17, 15) is 0 Å². The number of hydrogen-bond acceptors (Lipinski definition) is 5. The van der Waals surface area contributed by atoms with Gasteiger partial charge in [0.05, 0.1) is 13.1 Å². The summed E-state index contributed by atoms with van der Waals surface area (Å²) >= 11 is 8.56. The summed E-state index contributed by atoms with van der Waals surface area (Å²) in [6, 6.07) is 1.99. The van der Waals surface area contributed by atoms with Crippen LogP contribution < -0.4 is 5.32 Å². The summed E-state index contributed by atoms with van der Waals surface area (Å²) in [4.78, 5) is 4.52. The van der Waals surface area contributed by atoms with E-state index in [4.69, 9.17) is 4.52 Å². The summed E-state index contributed by atoms with van der Waals surface area (Å²) in [7, 11) is 0. The summed E-state index contributed by atoms with van der Waals surface area (Å²) in [5, 5.41) is 7.47. The first-order valence-corrected chi connectivity index (χ1v) is 8.14. The molecule has 1 unspecified atom stereocenters. The fourth-order valence-electron chi connectivity index (χ4n) is 2.07. The molecule has 1 aliphatic heterocycles. The van der Waals surface area contributed by atoms with Crippen molar-refractivity contribution in [3.8, 4) is 11.5 Å². The maximum Gasteiger partial charge on any atom is 0.259 e.